The molecule has 0 aliphatic rings. The van der Waals surface area contributed by atoms with Crippen molar-refractivity contribution >= 4 is 0 Å². The van der Waals surface area contributed by atoms with E-state index in [0.717, 1.165) is 18.4 Å². The molecule has 0 saturated heterocycles. The van der Waals surface area contributed by atoms with Crippen LogP contribution in [0.15, 0.2) is 54.6 Å². The second-order valence-corrected chi connectivity index (χ2v) is 8.09. The van der Waals surface area contributed by atoms with E-state index in [1.807, 2.05) is 12.1 Å². The largest absolute Gasteiger partial charge is 0.508 e. The quantitative estimate of drug-likeness (QED) is 0.331. The number of aromatic hydroxyl groups is 1. The molecule has 2 nitrogen and oxygen atoms in total. The molecule has 2 rings (SSSR count). The molecule has 0 heterocycles. The first-order chi connectivity index (χ1) is 13.7. The van der Waals surface area contributed by atoms with Crippen LogP contribution in [-0.2, 0) is 12.8 Å². The van der Waals surface area contributed by atoms with E-state index in [9.17, 15) is 10.2 Å². The Morgan fingerprint density at radius 1 is 0.607 bits per heavy atom. The van der Waals surface area contributed by atoms with Crippen molar-refractivity contribution in [2.45, 2.75) is 89.6 Å². The van der Waals surface area contributed by atoms with Crippen LogP contribution in [-0.4, -0.2) is 16.3 Å². The highest BCUT2D eigenvalue weighted by Crippen LogP contribution is 2.16. The van der Waals surface area contributed by atoms with Crippen LogP contribution in [0.2, 0.25) is 0 Å². The summed E-state index contributed by atoms with van der Waals surface area (Å²) in [6, 6.07) is 18.0. The average Bonchev–Trinajstić information content (AvgIpc) is 2.69. The van der Waals surface area contributed by atoms with Crippen LogP contribution in [0.3, 0.4) is 0 Å². The molecule has 1 unspecified atom stereocenters. The van der Waals surface area contributed by atoms with Crippen molar-refractivity contribution < 1.29 is 10.2 Å². The number of phenolic OH excluding ortho intramolecular Hbond substituents is 1. The van der Waals surface area contributed by atoms with Crippen LogP contribution < -0.4 is 0 Å². The lowest BCUT2D eigenvalue weighted by Crippen LogP contribution is -2.10. The highest BCUT2D eigenvalue weighted by molar-refractivity contribution is 5.27. The van der Waals surface area contributed by atoms with Crippen molar-refractivity contribution in [3.05, 3.63) is 65.7 Å². The topological polar surface area (TPSA) is 40.5 Å². The Labute approximate surface area is 171 Å². The van der Waals surface area contributed by atoms with Crippen LogP contribution in [0, 0.1) is 0 Å². The van der Waals surface area contributed by atoms with Gasteiger partial charge in [-0.2, -0.15) is 0 Å². The maximum atomic E-state index is 10.1. The zero-order valence-electron chi connectivity index (χ0n) is 17.4. The number of aryl methyl sites for hydroxylation is 1. The third-order valence-electron chi connectivity index (χ3n) is 5.48. The minimum atomic E-state index is -0.294. The zero-order valence-corrected chi connectivity index (χ0v) is 17.4. The van der Waals surface area contributed by atoms with Crippen molar-refractivity contribution in [2.75, 3.05) is 0 Å². The number of aliphatic hydroxyl groups is 1. The van der Waals surface area contributed by atoms with Gasteiger partial charge in [0.2, 0.25) is 0 Å². The normalized spacial score (nSPS) is 12.2. The van der Waals surface area contributed by atoms with Gasteiger partial charge in [-0.05, 0) is 48.9 Å². The van der Waals surface area contributed by atoms with E-state index in [2.05, 4.69) is 30.3 Å². The van der Waals surface area contributed by atoms with Crippen LogP contribution in [0.1, 0.15) is 81.8 Å². The summed E-state index contributed by atoms with van der Waals surface area (Å²) in [5.41, 5.74) is 2.48. The molecular formula is C26H38O2. The summed E-state index contributed by atoms with van der Waals surface area (Å²) in [4.78, 5) is 0. The molecule has 0 saturated carbocycles. The SMILES string of the molecule is Oc1cccc(CC(O)CCCCCCCCCCCCc2ccccc2)c1. The predicted octanol–water partition coefficient (Wildman–Crippen LogP) is 6.83. The molecule has 0 aliphatic heterocycles. The first-order valence-electron chi connectivity index (χ1n) is 11.2. The van der Waals surface area contributed by atoms with Crippen molar-refractivity contribution in [3.63, 3.8) is 0 Å². The van der Waals surface area contributed by atoms with Crippen molar-refractivity contribution in [1.29, 1.82) is 0 Å². The van der Waals surface area contributed by atoms with Crippen molar-refractivity contribution in [2.24, 2.45) is 0 Å². The molecule has 0 amide bonds. The van der Waals surface area contributed by atoms with Crippen LogP contribution in [0.4, 0.5) is 0 Å². The molecule has 0 fully saturated rings. The van der Waals surface area contributed by atoms with Gasteiger partial charge in [-0.3, -0.25) is 0 Å². The summed E-state index contributed by atoms with van der Waals surface area (Å²) in [5, 5.41) is 19.6. The molecule has 0 radical (unpaired) electrons. The Balaban J connectivity index is 1.35. The molecule has 2 aromatic rings. The van der Waals surface area contributed by atoms with E-state index < -0.39 is 0 Å². The van der Waals surface area contributed by atoms with Gasteiger partial charge in [0.25, 0.3) is 0 Å². The summed E-state index contributed by atoms with van der Waals surface area (Å²) in [6.45, 7) is 0. The highest BCUT2D eigenvalue weighted by Gasteiger charge is 2.06. The fourth-order valence-electron chi connectivity index (χ4n) is 3.83. The van der Waals surface area contributed by atoms with E-state index in [-0.39, 0.29) is 11.9 Å². The Bertz CT molecular complexity index is 623. The zero-order chi connectivity index (χ0) is 19.9. The second-order valence-electron chi connectivity index (χ2n) is 8.09. The average molecular weight is 383 g/mol. The molecule has 0 spiro atoms. The van der Waals surface area contributed by atoms with E-state index in [4.69, 9.17) is 0 Å². The van der Waals surface area contributed by atoms with E-state index in [1.54, 1.807) is 12.1 Å². The Morgan fingerprint density at radius 2 is 1.18 bits per heavy atom. The molecule has 1 atom stereocenters. The number of rotatable bonds is 15. The fraction of sp³-hybridized carbons (Fsp3) is 0.538. The van der Waals surface area contributed by atoms with E-state index in [0.29, 0.717) is 6.42 Å². The second kappa shape index (κ2) is 14.2. The molecule has 2 N–H and O–H groups in total. The monoisotopic (exact) mass is 382 g/mol. The lowest BCUT2D eigenvalue weighted by Gasteiger charge is -2.10. The van der Waals surface area contributed by atoms with Gasteiger partial charge in [-0.25, -0.2) is 0 Å². The van der Waals surface area contributed by atoms with E-state index >= 15 is 0 Å². The minimum absolute atomic E-state index is 0.279. The number of phenols is 1. The molecule has 28 heavy (non-hydrogen) atoms. The van der Waals surface area contributed by atoms with Crippen LogP contribution in [0.5, 0.6) is 5.75 Å². The van der Waals surface area contributed by atoms with E-state index in [1.165, 1.54) is 69.8 Å². The van der Waals surface area contributed by atoms with Crippen molar-refractivity contribution in [3.8, 4) is 5.75 Å². The Morgan fingerprint density at radius 3 is 1.82 bits per heavy atom. The molecule has 2 aromatic carbocycles. The first kappa shape index (κ1) is 22.5. The molecule has 154 valence electrons. The summed E-state index contributed by atoms with van der Waals surface area (Å²) >= 11 is 0. The summed E-state index contributed by atoms with van der Waals surface area (Å²) in [5.74, 6) is 0.279. The third-order valence-corrected chi connectivity index (χ3v) is 5.48. The van der Waals surface area contributed by atoms with Gasteiger partial charge < -0.3 is 10.2 Å². The predicted molar refractivity (Wildman–Crippen MR) is 119 cm³/mol. The van der Waals surface area contributed by atoms with Gasteiger partial charge in [-0.1, -0.05) is 100 Å². The molecule has 0 aromatic heterocycles. The number of hydrogen-bond donors (Lipinski definition) is 2. The van der Waals surface area contributed by atoms with Crippen LogP contribution in [0.25, 0.3) is 0 Å². The maximum Gasteiger partial charge on any atom is 0.115 e. The van der Waals surface area contributed by atoms with Gasteiger partial charge in [0.1, 0.15) is 5.75 Å². The van der Waals surface area contributed by atoms with Crippen LogP contribution >= 0.6 is 0 Å². The number of benzene rings is 2. The van der Waals surface area contributed by atoms with Crippen molar-refractivity contribution in [1.82, 2.24) is 0 Å². The van der Waals surface area contributed by atoms with Gasteiger partial charge in [0.05, 0.1) is 6.10 Å². The molecule has 2 heteroatoms. The summed E-state index contributed by atoms with van der Waals surface area (Å²) in [7, 11) is 0. The maximum absolute atomic E-state index is 10.1. The molecular weight excluding hydrogens is 344 g/mol. The van der Waals surface area contributed by atoms with Gasteiger partial charge in [0, 0.05) is 0 Å². The number of hydrogen-bond acceptors (Lipinski definition) is 2. The number of unbranched alkanes of at least 4 members (excludes halogenated alkanes) is 9. The first-order valence-corrected chi connectivity index (χ1v) is 11.2. The lowest BCUT2D eigenvalue weighted by atomic mass is 10.0. The summed E-state index contributed by atoms with van der Waals surface area (Å²) < 4.78 is 0. The Hall–Kier alpha value is -1.80. The van der Waals surface area contributed by atoms with Gasteiger partial charge >= 0.3 is 0 Å². The smallest absolute Gasteiger partial charge is 0.115 e. The highest BCUT2D eigenvalue weighted by atomic mass is 16.3. The lowest BCUT2D eigenvalue weighted by molar-refractivity contribution is 0.161. The summed E-state index contributed by atoms with van der Waals surface area (Å²) in [6.07, 6.45) is 15.5. The number of aliphatic hydroxyl groups excluding tert-OH is 1. The minimum Gasteiger partial charge on any atom is -0.508 e. The van der Waals surface area contributed by atoms with Gasteiger partial charge in [0.15, 0.2) is 0 Å². The molecule has 0 aliphatic carbocycles. The Kier molecular flexibility index (Phi) is 11.4. The third kappa shape index (κ3) is 10.5. The standard InChI is InChI=1S/C26H38O2/c27-25(21-24-18-14-20-26(28)22-24)19-13-8-6-4-2-1-3-5-7-10-15-23-16-11-9-12-17-23/h9,11-12,14,16-18,20,22,25,27-28H,1-8,10,13,15,19,21H2. The molecule has 0 bridgehead atoms. The van der Waals surface area contributed by atoms with Gasteiger partial charge in [-0.15, -0.1) is 0 Å². The fourth-order valence-corrected chi connectivity index (χ4v) is 3.83.